The number of nitrogens with zero attached hydrogens (tertiary/aromatic N) is 7. The summed E-state index contributed by atoms with van der Waals surface area (Å²) in [6.07, 6.45) is 1.49. The molecule has 1 aromatic heterocycles. The van der Waals surface area contributed by atoms with Crippen LogP contribution in [0.3, 0.4) is 0 Å². The zero-order valence-corrected chi connectivity index (χ0v) is 19.3. The van der Waals surface area contributed by atoms with E-state index in [1.807, 2.05) is 48.2 Å². The van der Waals surface area contributed by atoms with Crippen LogP contribution in [-0.2, 0) is 11.3 Å². The van der Waals surface area contributed by atoms with Gasteiger partial charge < -0.3 is 4.90 Å². The molecular formula is C24H26ClN7O. The summed E-state index contributed by atoms with van der Waals surface area (Å²) in [5.74, 6) is 0.500. The van der Waals surface area contributed by atoms with E-state index in [1.165, 1.54) is 10.4 Å². The molecule has 0 aliphatic carbocycles. The van der Waals surface area contributed by atoms with Crippen molar-refractivity contribution >= 4 is 17.5 Å². The second-order valence-electron chi connectivity index (χ2n) is 8.13. The van der Waals surface area contributed by atoms with E-state index in [9.17, 15) is 4.79 Å². The third kappa shape index (κ3) is 5.56. The number of aromatic nitrogens is 4. The normalized spacial score (nSPS) is 15.6. The molecule has 1 amide bonds. The first-order chi connectivity index (χ1) is 16.1. The van der Waals surface area contributed by atoms with E-state index in [4.69, 9.17) is 16.9 Å². The molecule has 0 spiro atoms. The summed E-state index contributed by atoms with van der Waals surface area (Å²) in [7, 11) is 0. The SMILES string of the molecule is CCC(C(=O)N1CCCN(Cc2ccc(C#N)cc2)CC1)n1nnc(-c2ccc(Cl)cc2)n1. The van der Waals surface area contributed by atoms with Gasteiger partial charge in [-0.05, 0) is 60.0 Å². The Morgan fingerprint density at radius 3 is 2.55 bits per heavy atom. The lowest BCUT2D eigenvalue weighted by Gasteiger charge is -2.25. The van der Waals surface area contributed by atoms with E-state index < -0.39 is 6.04 Å². The van der Waals surface area contributed by atoms with E-state index in [0.717, 1.165) is 31.6 Å². The molecule has 0 bridgehead atoms. The Labute approximate surface area is 198 Å². The number of rotatable bonds is 6. The van der Waals surface area contributed by atoms with Crippen LogP contribution in [0.4, 0.5) is 0 Å². The van der Waals surface area contributed by atoms with Crippen LogP contribution < -0.4 is 0 Å². The van der Waals surface area contributed by atoms with Crippen molar-refractivity contribution in [3.8, 4) is 17.5 Å². The Morgan fingerprint density at radius 1 is 1.09 bits per heavy atom. The van der Waals surface area contributed by atoms with Crippen LogP contribution >= 0.6 is 11.6 Å². The summed E-state index contributed by atoms with van der Waals surface area (Å²) in [6.45, 7) is 5.84. The van der Waals surface area contributed by atoms with Crippen LogP contribution in [0.5, 0.6) is 0 Å². The Balaban J connectivity index is 1.39. The van der Waals surface area contributed by atoms with Gasteiger partial charge in [-0.2, -0.15) is 10.1 Å². The fourth-order valence-electron chi connectivity index (χ4n) is 4.01. The highest BCUT2D eigenvalue weighted by molar-refractivity contribution is 6.30. The zero-order chi connectivity index (χ0) is 23.2. The number of hydrogen-bond acceptors (Lipinski definition) is 6. The first-order valence-electron chi connectivity index (χ1n) is 11.1. The van der Waals surface area contributed by atoms with Crippen LogP contribution in [0.15, 0.2) is 48.5 Å². The highest BCUT2D eigenvalue weighted by Gasteiger charge is 2.28. The van der Waals surface area contributed by atoms with Crippen molar-refractivity contribution < 1.29 is 4.79 Å². The van der Waals surface area contributed by atoms with Gasteiger partial charge in [-0.15, -0.1) is 10.2 Å². The number of nitriles is 1. The Morgan fingerprint density at radius 2 is 1.85 bits per heavy atom. The third-order valence-corrected chi connectivity index (χ3v) is 6.12. The molecule has 0 saturated carbocycles. The van der Waals surface area contributed by atoms with Crippen molar-refractivity contribution in [1.82, 2.24) is 30.0 Å². The first-order valence-corrected chi connectivity index (χ1v) is 11.5. The Hall–Kier alpha value is -3.28. The van der Waals surface area contributed by atoms with Crippen molar-refractivity contribution in [1.29, 1.82) is 5.26 Å². The third-order valence-electron chi connectivity index (χ3n) is 5.87. The van der Waals surface area contributed by atoms with Crippen LogP contribution in [0.25, 0.3) is 11.4 Å². The molecule has 33 heavy (non-hydrogen) atoms. The van der Waals surface area contributed by atoms with Crippen LogP contribution in [0.1, 0.15) is 36.9 Å². The van der Waals surface area contributed by atoms with Gasteiger partial charge in [-0.3, -0.25) is 9.69 Å². The summed E-state index contributed by atoms with van der Waals surface area (Å²) in [6, 6.07) is 16.6. The molecule has 170 valence electrons. The monoisotopic (exact) mass is 463 g/mol. The Bertz CT molecular complexity index is 1120. The maximum Gasteiger partial charge on any atom is 0.249 e. The van der Waals surface area contributed by atoms with Crippen molar-refractivity contribution in [2.45, 2.75) is 32.4 Å². The van der Waals surface area contributed by atoms with E-state index >= 15 is 0 Å². The van der Waals surface area contributed by atoms with E-state index in [-0.39, 0.29) is 5.91 Å². The molecule has 2 heterocycles. The minimum atomic E-state index is -0.483. The van der Waals surface area contributed by atoms with Gasteiger partial charge in [-0.25, -0.2) is 0 Å². The van der Waals surface area contributed by atoms with Crippen LogP contribution in [-0.4, -0.2) is 62.1 Å². The van der Waals surface area contributed by atoms with Crippen molar-refractivity contribution in [3.05, 3.63) is 64.7 Å². The minimum Gasteiger partial charge on any atom is -0.339 e. The maximum absolute atomic E-state index is 13.3. The molecule has 3 aromatic rings. The van der Waals surface area contributed by atoms with Crippen molar-refractivity contribution in [3.63, 3.8) is 0 Å². The molecule has 1 atom stereocenters. The summed E-state index contributed by atoms with van der Waals surface area (Å²) in [5, 5.41) is 22.4. The molecule has 1 aliphatic heterocycles. The number of halogens is 1. The fraction of sp³-hybridized carbons (Fsp3) is 0.375. The summed E-state index contributed by atoms with van der Waals surface area (Å²) >= 11 is 5.96. The van der Waals surface area contributed by atoms with Gasteiger partial charge in [0.25, 0.3) is 0 Å². The Kier molecular flexibility index (Phi) is 7.33. The lowest BCUT2D eigenvalue weighted by Crippen LogP contribution is -2.40. The first kappa shape index (κ1) is 22.9. The molecule has 4 rings (SSSR count). The largest absolute Gasteiger partial charge is 0.339 e. The van der Waals surface area contributed by atoms with Gasteiger partial charge in [0.15, 0.2) is 6.04 Å². The zero-order valence-electron chi connectivity index (χ0n) is 18.6. The molecular weight excluding hydrogens is 438 g/mol. The number of amides is 1. The van der Waals surface area contributed by atoms with Crippen molar-refractivity contribution in [2.24, 2.45) is 0 Å². The molecule has 9 heteroatoms. The summed E-state index contributed by atoms with van der Waals surface area (Å²) in [5.41, 5.74) is 2.64. The second-order valence-corrected chi connectivity index (χ2v) is 8.56. The fourth-order valence-corrected chi connectivity index (χ4v) is 4.14. The average molecular weight is 464 g/mol. The van der Waals surface area contributed by atoms with Crippen LogP contribution in [0.2, 0.25) is 5.02 Å². The molecule has 8 nitrogen and oxygen atoms in total. The predicted octanol–water partition coefficient (Wildman–Crippen LogP) is 3.55. The average Bonchev–Trinajstić information content (AvgIpc) is 3.20. The van der Waals surface area contributed by atoms with E-state index in [1.54, 1.807) is 12.1 Å². The van der Waals surface area contributed by atoms with Gasteiger partial charge >= 0.3 is 0 Å². The lowest BCUT2D eigenvalue weighted by atomic mass is 10.1. The quantitative estimate of drug-likeness (QED) is 0.555. The summed E-state index contributed by atoms with van der Waals surface area (Å²) < 4.78 is 0. The number of carbonyl (C=O) groups is 1. The minimum absolute atomic E-state index is 0.0257. The smallest absolute Gasteiger partial charge is 0.249 e. The van der Waals surface area contributed by atoms with Gasteiger partial charge in [0.05, 0.1) is 11.6 Å². The molecule has 0 radical (unpaired) electrons. The van der Waals surface area contributed by atoms with Gasteiger partial charge in [0, 0.05) is 43.3 Å². The second kappa shape index (κ2) is 10.6. The van der Waals surface area contributed by atoms with Gasteiger partial charge in [0.2, 0.25) is 11.7 Å². The molecule has 1 aliphatic rings. The highest BCUT2D eigenvalue weighted by atomic mass is 35.5. The molecule has 1 unspecified atom stereocenters. The molecule has 0 N–H and O–H groups in total. The van der Waals surface area contributed by atoms with E-state index in [0.29, 0.717) is 35.9 Å². The van der Waals surface area contributed by atoms with Crippen LogP contribution in [0, 0.1) is 11.3 Å². The number of tetrazole rings is 1. The number of benzene rings is 2. The van der Waals surface area contributed by atoms with Crippen molar-refractivity contribution in [2.75, 3.05) is 26.2 Å². The molecule has 1 saturated heterocycles. The van der Waals surface area contributed by atoms with E-state index in [2.05, 4.69) is 26.4 Å². The lowest BCUT2D eigenvalue weighted by molar-refractivity contribution is -0.135. The molecule has 1 fully saturated rings. The topological polar surface area (TPSA) is 90.9 Å². The van der Waals surface area contributed by atoms with Gasteiger partial charge in [0.1, 0.15) is 0 Å². The number of carbonyl (C=O) groups excluding carboxylic acids is 1. The summed E-state index contributed by atoms with van der Waals surface area (Å²) in [4.78, 5) is 19.0. The standard InChI is InChI=1S/C24H26ClN7O/c1-2-22(32-28-23(27-29-32)20-8-10-21(25)11-9-20)24(33)31-13-3-12-30(14-15-31)17-19-6-4-18(16-26)5-7-19/h4-11,22H,2-3,12-15,17H2,1H3. The number of hydrogen-bond donors (Lipinski definition) is 0. The highest BCUT2D eigenvalue weighted by Crippen LogP contribution is 2.20. The predicted molar refractivity (Wildman–Crippen MR) is 125 cm³/mol. The van der Waals surface area contributed by atoms with Gasteiger partial charge in [-0.1, -0.05) is 30.7 Å². The molecule has 2 aromatic carbocycles. The maximum atomic E-state index is 13.3.